The molecule has 0 spiro atoms. The summed E-state index contributed by atoms with van der Waals surface area (Å²) >= 11 is 0. The van der Waals surface area contributed by atoms with Crippen LogP contribution in [0, 0.1) is 0 Å². The van der Waals surface area contributed by atoms with Crippen molar-refractivity contribution in [3.63, 3.8) is 0 Å². The van der Waals surface area contributed by atoms with Gasteiger partial charge in [0.15, 0.2) is 0 Å². The monoisotopic (exact) mass is 350 g/mol. The lowest BCUT2D eigenvalue weighted by molar-refractivity contribution is 0.102. The van der Waals surface area contributed by atoms with E-state index in [9.17, 15) is 4.79 Å². The van der Waals surface area contributed by atoms with Gasteiger partial charge in [-0.3, -0.25) is 4.79 Å². The normalized spacial score (nSPS) is 11.1. The van der Waals surface area contributed by atoms with Crippen LogP contribution in [0.15, 0.2) is 42.5 Å². The van der Waals surface area contributed by atoms with E-state index < -0.39 is 0 Å². The highest BCUT2D eigenvalue weighted by atomic mass is 16.1. The molecule has 0 aliphatic heterocycles. The van der Waals surface area contributed by atoms with Crippen LogP contribution in [0.4, 0.5) is 11.4 Å². The molecule has 136 valence electrons. The molecule has 2 N–H and O–H groups in total. The van der Waals surface area contributed by atoms with Gasteiger partial charge in [-0.25, -0.2) is 4.98 Å². The molecular formula is C21H26N4O. The lowest BCUT2D eigenvalue weighted by Crippen LogP contribution is -2.16. The van der Waals surface area contributed by atoms with Crippen LogP contribution in [-0.4, -0.2) is 30.0 Å². The van der Waals surface area contributed by atoms with Crippen LogP contribution in [0.1, 0.15) is 48.8 Å². The number of imidazole rings is 1. The van der Waals surface area contributed by atoms with E-state index in [1.54, 1.807) is 0 Å². The van der Waals surface area contributed by atoms with Crippen molar-refractivity contribution in [2.75, 3.05) is 24.3 Å². The number of amides is 1. The topological polar surface area (TPSA) is 61.0 Å². The van der Waals surface area contributed by atoms with Gasteiger partial charge in [-0.2, -0.15) is 0 Å². The molecule has 1 aromatic heterocycles. The van der Waals surface area contributed by atoms with Gasteiger partial charge in [0.05, 0.1) is 22.4 Å². The summed E-state index contributed by atoms with van der Waals surface area (Å²) in [5, 5.41) is 3.04. The lowest BCUT2D eigenvalue weighted by atomic mass is 10.0. The Morgan fingerprint density at radius 2 is 1.85 bits per heavy atom. The minimum Gasteiger partial charge on any atom is -0.376 e. The van der Waals surface area contributed by atoms with Crippen LogP contribution < -0.4 is 10.2 Å². The van der Waals surface area contributed by atoms with Crippen LogP contribution in [0.25, 0.3) is 11.0 Å². The van der Waals surface area contributed by atoms with Crippen LogP contribution >= 0.6 is 0 Å². The maximum Gasteiger partial charge on any atom is 0.255 e. The number of aromatic amines is 1. The highest BCUT2D eigenvalue weighted by molar-refractivity contribution is 6.07. The zero-order valence-electron chi connectivity index (χ0n) is 15.8. The molecule has 0 saturated heterocycles. The maximum absolute atomic E-state index is 12.6. The first kappa shape index (κ1) is 18.0. The van der Waals surface area contributed by atoms with Crippen molar-refractivity contribution in [3.05, 3.63) is 53.9 Å². The van der Waals surface area contributed by atoms with Gasteiger partial charge in [-0.15, -0.1) is 0 Å². The Morgan fingerprint density at radius 1 is 1.15 bits per heavy atom. The van der Waals surface area contributed by atoms with Crippen LogP contribution in [0.5, 0.6) is 0 Å². The molecule has 0 atom stereocenters. The molecule has 0 bridgehead atoms. The first-order valence-electron chi connectivity index (χ1n) is 9.10. The number of rotatable bonds is 6. The van der Waals surface area contributed by atoms with E-state index in [0.29, 0.717) is 11.5 Å². The molecule has 26 heavy (non-hydrogen) atoms. The predicted molar refractivity (Wildman–Crippen MR) is 108 cm³/mol. The fourth-order valence-electron chi connectivity index (χ4n) is 3.19. The number of anilines is 2. The number of nitrogens with zero attached hydrogens (tertiary/aromatic N) is 2. The zero-order chi connectivity index (χ0) is 18.7. The van der Waals surface area contributed by atoms with Crippen LogP contribution in [0.2, 0.25) is 0 Å². The molecule has 0 saturated carbocycles. The van der Waals surface area contributed by atoms with Crippen molar-refractivity contribution >= 4 is 28.3 Å². The van der Waals surface area contributed by atoms with Crippen molar-refractivity contribution < 1.29 is 4.79 Å². The molecule has 0 aliphatic rings. The van der Waals surface area contributed by atoms with Gasteiger partial charge in [0.2, 0.25) is 0 Å². The molecule has 0 radical (unpaired) electrons. The summed E-state index contributed by atoms with van der Waals surface area (Å²) in [6, 6.07) is 13.2. The Hall–Kier alpha value is -2.82. The number of hydrogen-bond donors (Lipinski definition) is 2. The van der Waals surface area contributed by atoms with Crippen molar-refractivity contribution in [2.45, 2.75) is 32.6 Å². The molecule has 1 heterocycles. The summed E-state index contributed by atoms with van der Waals surface area (Å²) in [6.45, 7) is 4.36. The number of hydrogen-bond acceptors (Lipinski definition) is 3. The van der Waals surface area contributed by atoms with E-state index in [1.165, 1.54) is 0 Å². The molecule has 0 unspecified atom stereocenters. The van der Waals surface area contributed by atoms with E-state index in [4.69, 9.17) is 4.98 Å². The Kier molecular flexibility index (Phi) is 5.26. The Morgan fingerprint density at radius 3 is 2.46 bits per heavy atom. The molecule has 1 amide bonds. The summed E-state index contributed by atoms with van der Waals surface area (Å²) in [4.78, 5) is 22.8. The van der Waals surface area contributed by atoms with E-state index in [-0.39, 0.29) is 5.91 Å². The third-order valence-electron chi connectivity index (χ3n) is 4.76. The van der Waals surface area contributed by atoms with E-state index in [2.05, 4.69) is 24.1 Å². The van der Waals surface area contributed by atoms with Gasteiger partial charge >= 0.3 is 0 Å². The van der Waals surface area contributed by atoms with E-state index in [0.717, 1.165) is 41.1 Å². The number of fused-ring (bicyclic) bond motifs is 1. The average Bonchev–Trinajstić information content (AvgIpc) is 3.05. The molecule has 3 rings (SSSR count). The number of carbonyl (C=O) groups is 1. The Bertz CT molecular complexity index is 895. The van der Waals surface area contributed by atoms with E-state index >= 15 is 0 Å². The number of carbonyl (C=O) groups excluding carboxylic acids is 1. The molecule has 0 fully saturated rings. The summed E-state index contributed by atoms with van der Waals surface area (Å²) in [5.41, 5.74) is 4.22. The standard InChI is InChI=1S/C21H26N4O/c1-5-14(6-2)20-22-16-12-18(19(25(3)4)13-17(16)23-20)24-21(26)15-10-8-7-9-11-15/h7-14H,5-6H2,1-4H3,(H,22,23)(H,24,26). The second-order valence-corrected chi connectivity index (χ2v) is 6.74. The fourth-order valence-corrected chi connectivity index (χ4v) is 3.19. The molecule has 5 heteroatoms. The van der Waals surface area contributed by atoms with Crippen molar-refractivity contribution in [3.8, 4) is 0 Å². The van der Waals surface area contributed by atoms with Gasteiger partial charge in [-0.05, 0) is 37.1 Å². The largest absolute Gasteiger partial charge is 0.376 e. The van der Waals surface area contributed by atoms with Crippen molar-refractivity contribution in [1.29, 1.82) is 0 Å². The van der Waals surface area contributed by atoms with Crippen LogP contribution in [-0.2, 0) is 0 Å². The Labute approximate surface area is 154 Å². The molecule has 2 aromatic carbocycles. The third-order valence-corrected chi connectivity index (χ3v) is 4.76. The quantitative estimate of drug-likeness (QED) is 0.672. The summed E-state index contributed by atoms with van der Waals surface area (Å²) in [5.74, 6) is 1.32. The second kappa shape index (κ2) is 7.60. The number of nitrogens with one attached hydrogen (secondary N) is 2. The maximum atomic E-state index is 12.6. The van der Waals surface area contributed by atoms with Gasteiger partial charge in [-0.1, -0.05) is 32.0 Å². The first-order valence-corrected chi connectivity index (χ1v) is 9.10. The third kappa shape index (κ3) is 3.57. The van der Waals surface area contributed by atoms with Crippen LogP contribution in [0.3, 0.4) is 0 Å². The molecular weight excluding hydrogens is 324 g/mol. The van der Waals surface area contributed by atoms with Gasteiger partial charge in [0, 0.05) is 25.6 Å². The van der Waals surface area contributed by atoms with Gasteiger partial charge < -0.3 is 15.2 Å². The SMILES string of the molecule is CCC(CC)c1nc2cc(N(C)C)c(NC(=O)c3ccccc3)cc2[nH]1. The lowest BCUT2D eigenvalue weighted by Gasteiger charge is -2.18. The smallest absolute Gasteiger partial charge is 0.255 e. The minimum atomic E-state index is -0.118. The second-order valence-electron chi connectivity index (χ2n) is 6.74. The summed E-state index contributed by atoms with van der Waals surface area (Å²) < 4.78 is 0. The number of aromatic nitrogens is 2. The molecule has 3 aromatic rings. The minimum absolute atomic E-state index is 0.118. The van der Waals surface area contributed by atoms with E-state index in [1.807, 2.05) is 61.5 Å². The average molecular weight is 350 g/mol. The highest BCUT2D eigenvalue weighted by Crippen LogP contribution is 2.31. The fraction of sp³-hybridized carbons (Fsp3) is 0.333. The number of H-pyrrole nitrogens is 1. The van der Waals surface area contributed by atoms with Crippen molar-refractivity contribution in [2.24, 2.45) is 0 Å². The highest BCUT2D eigenvalue weighted by Gasteiger charge is 2.16. The number of benzene rings is 2. The predicted octanol–water partition coefficient (Wildman–Crippen LogP) is 4.78. The molecule has 0 aliphatic carbocycles. The summed E-state index contributed by atoms with van der Waals surface area (Å²) in [7, 11) is 3.93. The molecule has 5 nitrogen and oxygen atoms in total. The Balaban J connectivity index is 2.00. The van der Waals surface area contributed by atoms with Gasteiger partial charge in [0.1, 0.15) is 5.82 Å². The zero-order valence-corrected chi connectivity index (χ0v) is 15.8. The van der Waals surface area contributed by atoms with Gasteiger partial charge in [0.25, 0.3) is 5.91 Å². The summed E-state index contributed by atoms with van der Waals surface area (Å²) in [6.07, 6.45) is 2.10. The first-order chi connectivity index (χ1) is 12.5. The van der Waals surface area contributed by atoms with Crippen molar-refractivity contribution in [1.82, 2.24) is 9.97 Å².